The lowest BCUT2D eigenvalue weighted by molar-refractivity contribution is -0.125. The lowest BCUT2D eigenvalue weighted by Crippen LogP contribution is -2.28. The number of likely N-dealkylation sites (tertiary alicyclic amines) is 1. The first-order chi connectivity index (χ1) is 13.6. The number of rotatable bonds is 6. The van der Waals surface area contributed by atoms with Gasteiger partial charge in [0.2, 0.25) is 0 Å². The lowest BCUT2D eigenvalue weighted by atomic mass is 10.1. The summed E-state index contributed by atoms with van der Waals surface area (Å²) in [4.78, 5) is 14.2. The van der Waals surface area contributed by atoms with Crippen molar-refractivity contribution in [2.45, 2.75) is 19.4 Å². The van der Waals surface area contributed by atoms with Gasteiger partial charge in [-0.05, 0) is 42.7 Å². The summed E-state index contributed by atoms with van der Waals surface area (Å²) >= 11 is 6.16. The number of amides is 1. The summed E-state index contributed by atoms with van der Waals surface area (Å²) in [5, 5.41) is 10.0. The van der Waals surface area contributed by atoms with Crippen molar-refractivity contribution in [3.8, 4) is 17.6 Å². The van der Waals surface area contributed by atoms with E-state index in [0.29, 0.717) is 41.8 Å². The summed E-state index contributed by atoms with van der Waals surface area (Å²) < 4.78 is 11.3. The van der Waals surface area contributed by atoms with Crippen LogP contribution in [-0.4, -0.2) is 31.0 Å². The van der Waals surface area contributed by atoms with E-state index in [0.717, 1.165) is 18.4 Å². The molecule has 0 aliphatic carbocycles. The number of nitriles is 1. The van der Waals surface area contributed by atoms with Crippen molar-refractivity contribution >= 4 is 23.6 Å². The number of methoxy groups -OCH3 is 1. The monoisotopic (exact) mass is 396 g/mol. The topological polar surface area (TPSA) is 62.6 Å². The fourth-order valence-electron chi connectivity index (χ4n) is 3.06. The number of hydrogen-bond donors (Lipinski definition) is 0. The van der Waals surface area contributed by atoms with Crippen LogP contribution < -0.4 is 9.47 Å². The average molecular weight is 397 g/mol. The van der Waals surface area contributed by atoms with Gasteiger partial charge in [0.25, 0.3) is 5.91 Å². The second-order valence-electron chi connectivity index (χ2n) is 6.46. The molecule has 3 rings (SSSR count). The zero-order chi connectivity index (χ0) is 19.9. The number of hydrogen-bond acceptors (Lipinski definition) is 4. The molecule has 28 heavy (non-hydrogen) atoms. The van der Waals surface area contributed by atoms with Crippen molar-refractivity contribution in [2.24, 2.45) is 0 Å². The van der Waals surface area contributed by atoms with E-state index in [1.165, 1.54) is 0 Å². The normalized spacial score (nSPS) is 13.9. The van der Waals surface area contributed by atoms with Gasteiger partial charge in [0, 0.05) is 23.7 Å². The summed E-state index contributed by atoms with van der Waals surface area (Å²) in [7, 11) is 1.55. The Bertz CT molecular complexity index is 928. The molecule has 6 heteroatoms. The van der Waals surface area contributed by atoms with Crippen molar-refractivity contribution in [3.05, 3.63) is 64.2 Å². The Morgan fingerprint density at radius 1 is 1.21 bits per heavy atom. The van der Waals surface area contributed by atoms with Gasteiger partial charge in [-0.3, -0.25) is 4.79 Å². The molecule has 1 heterocycles. The van der Waals surface area contributed by atoms with Gasteiger partial charge in [0.15, 0.2) is 11.5 Å². The highest BCUT2D eigenvalue weighted by Crippen LogP contribution is 2.30. The molecule has 0 N–H and O–H groups in total. The maximum absolute atomic E-state index is 12.5. The van der Waals surface area contributed by atoms with Crippen LogP contribution in [0.3, 0.4) is 0 Å². The molecule has 0 aromatic heterocycles. The Morgan fingerprint density at radius 3 is 2.64 bits per heavy atom. The smallest absolute Gasteiger partial charge is 0.264 e. The van der Waals surface area contributed by atoms with Crippen molar-refractivity contribution in [1.82, 2.24) is 4.90 Å². The molecule has 1 aliphatic rings. The molecule has 1 saturated heterocycles. The predicted octanol–water partition coefficient (Wildman–Crippen LogP) is 4.46. The summed E-state index contributed by atoms with van der Waals surface area (Å²) in [5.74, 6) is 0.855. The standard InChI is InChI=1S/C22H21ClN2O3/c1-27-21-13-16(12-18(14-24)22(26)25-10-4-5-11-25)8-9-20(21)28-15-17-6-2-3-7-19(17)23/h2-3,6-9,12-13H,4-5,10-11,15H2,1H3. The zero-order valence-corrected chi connectivity index (χ0v) is 16.4. The number of halogens is 1. The molecule has 0 bridgehead atoms. The van der Waals surface area contributed by atoms with Gasteiger partial charge in [-0.1, -0.05) is 35.9 Å². The Labute approximate surface area is 169 Å². The molecule has 1 aliphatic heterocycles. The van der Waals surface area contributed by atoms with E-state index in [2.05, 4.69) is 0 Å². The fraction of sp³-hybridized carbons (Fsp3) is 0.273. The highest BCUT2D eigenvalue weighted by molar-refractivity contribution is 6.31. The van der Waals surface area contributed by atoms with Gasteiger partial charge in [-0.2, -0.15) is 5.26 Å². The van der Waals surface area contributed by atoms with Crippen LogP contribution in [0.4, 0.5) is 0 Å². The van der Waals surface area contributed by atoms with Crippen LogP contribution in [0.1, 0.15) is 24.0 Å². The van der Waals surface area contributed by atoms with E-state index in [1.54, 1.807) is 36.3 Å². The van der Waals surface area contributed by atoms with Gasteiger partial charge in [-0.15, -0.1) is 0 Å². The van der Waals surface area contributed by atoms with Crippen LogP contribution in [0.5, 0.6) is 11.5 Å². The second-order valence-corrected chi connectivity index (χ2v) is 6.87. The minimum Gasteiger partial charge on any atom is -0.493 e. The maximum Gasteiger partial charge on any atom is 0.264 e. The number of nitrogens with zero attached hydrogens (tertiary/aromatic N) is 2. The summed E-state index contributed by atoms with van der Waals surface area (Å²) in [6.45, 7) is 1.72. The van der Waals surface area contributed by atoms with Gasteiger partial charge < -0.3 is 14.4 Å². The molecule has 144 valence electrons. The molecule has 0 atom stereocenters. The Morgan fingerprint density at radius 2 is 1.96 bits per heavy atom. The Balaban J connectivity index is 1.77. The largest absolute Gasteiger partial charge is 0.493 e. The molecule has 0 spiro atoms. The van der Waals surface area contributed by atoms with Gasteiger partial charge >= 0.3 is 0 Å². The first kappa shape index (κ1) is 19.8. The molecule has 2 aromatic rings. The molecule has 5 nitrogen and oxygen atoms in total. The van der Waals surface area contributed by atoms with Crippen molar-refractivity contribution in [2.75, 3.05) is 20.2 Å². The zero-order valence-electron chi connectivity index (χ0n) is 15.7. The van der Waals surface area contributed by atoms with E-state index in [1.807, 2.05) is 30.3 Å². The van der Waals surface area contributed by atoms with Crippen molar-refractivity contribution in [3.63, 3.8) is 0 Å². The summed E-state index contributed by atoms with van der Waals surface area (Å²) in [5.41, 5.74) is 1.69. The van der Waals surface area contributed by atoms with Crippen LogP contribution in [0.25, 0.3) is 6.08 Å². The maximum atomic E-state index is 12.5. The fourth-order valence-corrected chi connectivity index (χ4v) is 3.25. The quantitative estimate of drug-likeness (QED) is 0.534. The second kappa shape index (κ2) is 9.29. The van der Waals surface area contributed by atoms with Crippen molar-refractivity contribution < 1.29 is 14.3 Å². The molecule has 0 radical (unpaired) electrons. The first-order valence-electron chi connectivity index (χ1n) is 9.07. The third kappa shape index (κ3) is 4.65. The van der Waals surface area contributed by atoms with Crippen LogP contribution in [0.2, 0.25) is 5.02 Å². The molecule has 1 fully saturated rings. The Hall–Kier alpha value is -2.97. The first-order valence-corrected chi connectivity index (χ1v) is 9.45. The number of benzene rings is 2. The minimum absolute atomic E-state index is 0.119. The highest BCUT2D eigenvalue weighted by atomic mass is 35.5. The third-order valence-electron chi connectivity index (χ3n) is 4.58. The highest BCUT2D eigenvalue weighted by Gasteiger charge is 2.21. The van der Waals surface area contributed by atoms with Crippen molar-refractivity contribution in [1.29, 1.82) is 5.26 Å². The van der Waals surface area contributed by atoms with Gasteiger partial charge in [-0.25, -0.2) is 0 Å². The van der Waals surface area contributed by atoms with E-state index in [4.69, 9.17) is 21.1 Å². The van der Waals surface area contributed by atoms with Gasteiger partial charge in [0.05, 0.1) is 7.11 Å². The van der Waals surface area contributed by atoms with Crippen LogP contribution in [0.15, 0.2) is 48.0 Å². The Kier molecular flexibility index (Phi) is 6.57. The van der Waals surface area contributed by atoms with E-state index < -0.39 is 0 Å². The molecule has 2 aromatic carbocycles. The number of carbonyl (C=O) groups is 1. The SMILES string of the molecule is COc1cc(C=C(C#N)C(=O)N2CCCC2)ccc1OCc1ccccc1Cl. The molecular weight excluding hydrogens is 376 g/mol. The van der Waals surface area contributed by atoms with E-state index in [-0.39, 0.29) is 11.5 Å². The number of carbonyl (C=O) groups excluding carboxylic acids is 1. The number of ether oxygens (including phenoxy) is 2. The lowest BCUT2D eigenvalue weighted by Gasteiger charge is -2.14. The van der Waals surface area contributed by atoms with E-state index in [9.17, 15) is 10.1 Å². The van der Waals surface area contributed by atoms with Gasteiger partial charge in [0.1, 0.15) is 18.2 Å². The summed E-state index contributed by atoms with van der Waals surface area (Å²) in [6.07, 6.45) is 3.55. The van der Waals surface area contributed by atoms with Crippen LogP contribution in [0, 0.1) is 11.3 Å². The van der Waals surface area contributed by atoms with Crippen LogP contribution in [-0.2, 0) is 11.4 Å². The summed E-state index contributed by atoms with van der Waals surface area (Å²) in [6, 6.07) is 14.8. The van der Waals surface area contributed by atoms with Crippen LogP contribution >= 0.6 is 11.6 Å². The molecule has 0 unspecified atom stereocenters. The molecular formula is C22H21ClN2O3. The minimum atomic E-state index is -0.224. The third-order valence-corrected chi connectivity index (χ3v) is 4.95. The van der Waals surface area contributed by atoms with E-state index >= 15 is 0 Å². The molecule has 1 amide bonds. The predicted molar refractivity (Wildman–Crippen MR) is 108 cm³/mol. The average Bonchev–Trinajstić information content (AvgIpc) is 3.26. The molecule has 0 saturated carbocycles.